The predicted octanol–water partition coefficient (Wildman–Crippen LogP) is 4.83. The second-order valence-corrected chi connectivity index (χ2v) is 9.66. The number of hydrogen-bond donors (Lipinski definition) is 1. The van der Waals surface area contributed by atoms with Gasteiger partial charge in [0.05, 0.1) is 0 Å². The zero-order chi connectivity index (χ0) is 25.5. The SMILES string of the molecule is CCN(CC)CCCNC(=O)[C@@H](C)C1CCN(C(=O)c2ccc3nc(-c4ccccc4)oc3c2)CC1. The summed E-state index contributed by atoms with van der Waals surface area (Å²) < 4.78 is 5.94. The quantitative estimate of drug-likeness (QED) is 0.412. The smallest absolute Gasteiger partial charge is 0.253 e. The molecule has 0 saturated carbocycles. The number of likely N-dealkylation sites (tertiary alicyclic amines) is 1. The fourth-order valence-corrected chi connectivity index (χ4v) is 4.98. The van der Waals surface area contributed by atoms with Crippen LogP contribution >= 0.6 is 0 Å². The number of hydrogen-bond acceptors (Lipinski definition) is 5. The summed E-state index contributed by atoms with van der Waals surface area (Å²) in [6, 6.07) is 15.2. The number of fused-ring (bicyclic) bond motifs is 1. The molecular formula is C29H38N4O3. The Morgan fingerprint density at radius 1 is 1.11 bits per heavy atom. The molecule has 4 rings (SSSR count). The van der Waals surface area contributed by atoms with Crippen molar-refractivity contribution in [2.45, 2.75) is 40.0 Å². The summed E-state index contributed by atoms with van der Waals surface area (Å²) in [5, 5.41) is 3.11. The van der Waals surface area contributed by atoms with Gasteiger partial charge < -0.3 is 19.5 Å². The number of carbonyl (C=O) groups is 2. The van der Waals surface area contributed by atoms with E-state index in [-0.39, 0.29) is 17.7 Å². The maximum absolute atomic E-state index is 13.2. The van der Waals surface area contributed by atoms with Gasteiger partial charge in [-0.25, -0.2) is 4.98 Å². The lowest BCUT2D eigenvalue weighted by Crippen LogP contribution is -2.43. The first-order valence-electron chi connectivity index (χ1n) is 13.3. The van der Waals surface area contributed by atoms with Crippen LogP contribution in [0.5, 0.6) is 0 Å². The first-order chi connectivity index (χ1) is 17.5. The molecule has 1 aliphatic heterocycles. The van der Waals surface area contributed by atoms with Crippen molar-refractivity contribution < 1.29 is 14.0 Å². The standard InChI is InChI=1S/C29H38N4O3/c1-4-32(5-2)17-9-16-30-27(34)21(3)22-14-18-33(19-15-22)29(35)24-12-13-25-26(20-24)36-28(31-25)23-10-7-6-8-11-23/h6-8,10-13,20-22H,4-5,9,14-19H2,1-3H3,(H,30,34)/t21-/m0/s1. The van der Waals surface area contributed by atoms with Crippen LogP contribution in [0.2, 0.25) is 0 Å². The predicted molar refractivity (Wildman–Crippen MR) is 143 cm³/mol. The lowest BCUT2D eigenvalue weighted by atomic mass is 9.84. The molecule has 1 atom stereocenters. The number of amides is 2. The van der Waals surface area contributed by atoms with E-state index in [1.54, 1.807) is 6.07 Å². The summed E-state index contributed by atoms with van der Waals surface area (Å²) in [4.78, 5) is 34.7. The molecule has 0 spiro atoms. The van der Waals surface area contributed by atoms with Gasteiger partial charge in [-0.05, 0) is 75.1 Å². The highest BCUT2D eigenvalue weighted by Gasteiger charge is 2.30. The number of piperidine rings is 1. The maximum atomic E-state index is 13.2. The zero-order valence-electron chi connectivity index (χ0n) is 21.7. The van der Waals surface area contributed by atoms with Gasteiger partial charge in [0, 0.05) is 36.7 Å². The molecule has 192 valence electrons. The van der Waals surface area contributed by atoms with E-state index in [9.17, 15) is 9.59 Å². The van der Waals surface area contributed by atoms with Gasteiger partial charge in [0.1, 0.15) is 5.52 Å². The van der Waals surface area contributed by atoms with Gasteiger partial charge in [0.25, 0.3) is 5.91 Å². The van der Waals surface area contributed by atoms with Gasteiger partial charge in [-0.15, -0.1) is 0 Å². The van der Waals surface area contributed by atoms with E-state index >= 15 is 0 Å². The van der Waals surface area contributed by atoms with E-state index in [0.29, 0.717) is 42.6 Å². The average Bonchev–Trinajstić information content (AvgIpc) is 3.36. The summed E-state index contributed by atoms with van der Waals surface area (Å²) in [5.41, 5.74) is 2.86. The number of carbonyl (C=O) groups excluding carboxylic acids is 2. The van der Waals surface area contributed by atoms with Gasteiger partial charge in [-0.3, -0.25) is 9.59 Å². The Balaban J connectivity index is 1.28. The summed E-state index contributed by atoms with van der Waals surface area (Å²) in [6.45, 7) is 11.5. The second-order valence-electron chi connectivity index (χ2n) is 9.66. The number of benzene rings is 2. The number of rotatable bonds is 10. The number of nitrogens with one attached hydrogen (secondary N) is 1. The van der Waals surface area contributed by atoms with Crippen molar-refractivity contribution in [3.05, 3.63) is 54.1 Å². The maximum Gasteiger partial charge on any atom is 0.253 e. The van der Waals surface area contributed by atoms with E-state index in [4.69, 9.17) is 4.42 Å². The lowest BCUT2D eigenvalue weighted by molar-refractivity contribution is -0.126. The van der Waals surface area contributed by atoms with Crippen LogP contribution in [-0.4, -0.2) is 65.9 Å². The van der Waals surface area contributed by atoms with Crippen molar-refractivity contribution >= 4 is 22.9 Å². The third kappa shape index (κ3) is 6.13. The molecule has 7 nitrogen and oxygen atoms in total. The Bertz CT molecular complexity index is 1150. The molecule has 0 aliphatic carbocycles. The molecule has 1 aliphatic rings. The number of nitrogens with zero attached hydrogens (tertiary/aromatic N) is 3. The topological polar surface area (TPSA) is 78.7 Å². The number of aromatic nitrogens is 1. The van der Waals surface area contributed by atoms with Crippen molar-refractivity contribution in [2.24, 2.45) is 11.8 Å². The fraction of sp³-hybridized carbons (Fsp3) is 0.483. The molecule has 1 saturated heterocycles. The Kier molecular flexibility index (Phi) is 8.75. The zero-order valence-corrected chi connectivity index (χ0v) is 21.7. The Morgan fingerprint density at radius 3 is 2.53 bits per heavy atom. The molecule has 36 heavy (non-hydrogen) atoms. The minimum absolute atomic E-state index is 0.00141. The molecular weight excluding hydrogens is 452 g/mol. The van der Waals surface area contributed by atoms with Crippen LogP contribution in [-0.2, 0) is 4.79 Å². The van der Waals surface area contributed by atoms with Crippen LogP contribution in [0.4, 0.5) is 0 Å². The highest BCUT2D eigenvalue weighted by Crippen LogP contribution is 2.28. The molecule has 0 unspecified atom stereocenters. The van der Waals surface area contributed by atoms with Crippen LogP contribution in [0.15, 0.2) is 52.9 Å². The monoisotopic (exact) mass is 490 g/mol. The van der Waals surface area contributed by atoms with E-state index in [2.05, 4.69) is 29.0 Å². The molecule has 7 heteroatoms. The third-order valence-electron chi connectivity index (χ3n) is 7.45. The van der Waals surface area contributed by atoms with E-state index in [0.717, 1.165) is 50.0 Å². The highest BCUT2D eigenvalue weighted by molar-refractivity contribution is 5.97. The average molecular weight is 491 g/mol. The van der Waals surface area contributed by atoms with Crippen molar-refractivity contribution in [3.8, 4) is 11.5 Å². The highest BCUT2D eigenvalue weighted by atomic mass is 16.3. The van der Waals surface area contributed by atoms with Crippen molar-refractivity contribution in [1.82, 2.24) is 20.1 Å². The van der Waals surface area contributed by atoms with Gasteiger partial charge in [-0.2, -0.15) is 0 Å². The molecule has 1 fully saturated rings. The lowest BCUT2D eigenvalue weighted by Gasteiger charge is -2.34. The van der Waals surface area contributed by atoms with E-state index < -0.39 is 0 Å². The van der Waals surface area contributed by atoms with Crippen molar-refractivity contribution in [2.75, 3.05) is 39.3 Å². The fourth-order valence-electron chi connectivity index (χ4n) is 4.98. The minimum atomic E-state index is -0.0438. The van der Waals surface area contributed by atoms with Crippen molar-refractivity contribution in [1.29, 1.82) is 0 Å². The minimum Gasteiger partial charge on any atom is -0.436 e. The first-order valence-corrected chi connectivity index (χ1v) is 13.3. The van der Waals surface area contributed by atoms with Crippen LogP contribution < -0.4 is 5.32 Å². The van der Waals surface area contributed by atoms with E-state index in [1.165, 1.54) is 0 Å². The van der Waals surface area contributed by atoms with Gasteiger partial charge in [-0.1, -0.05) is 39.0 Å². The molecule has 0 bridgehead atoms. The number of oxazole rings is 1. The van der Waals surface area contributed by atoms with Gasteiger partial charge in [0.15, 0.2) is 5.58 Å². The molecule has 1 N–H and O–H groups in total. The summed E-state index contributed by atoms with van der Waals surface area (Å²) in [7, 11) is 0. The molecule has 0 radical (unpaired) electrons. The molecule has 2 amide bonds. The second kappa shape index (κ2) is 12.2. The van der Waals surface area contributed by atoms with Gasteiger partial charge in [0.2, 0.25) is 11.8 Å². The third-order valence-corrected chi connectivity index (χ3v) is 7.45. The van der Waals surface area contributed by atoms with Crippen LogP contribution in [0.25, 0.3) is 22.6 Å². The normalized spacial score (nSPS) is 15.4. The molecule has 2 aromatic carbocycles. The Labute approximate surface area is 213 Å². The van der Waals surface area contributed by atoms with Crippen LogP contribution in [0.1, 0.15) is 50.4 Å². The Morgan fingerprint density at radius 2 is 1.83 bits per heavy atom. The van der Waals surface area contributed by atoms with Crippen LogP contribution in [0.3, 0.4) is 0 Å². The van der Waals surface area contributed by atoms with Crippen LogP contribution in [0, 0.1) is 11.8 Å². The first kappa shape index (κ1) is 25.9. The molecule has 1 aromatic heterocycles. The molecule has 3 aromatic rings. The summed E-state index contributed by atoms with van der Waals surface area (Å²) in [6.07, 6.45) is 2.64. The Hall–Kier alpha value is -3.19. The summed E-state index contributed by atoms with van der Waals surface area (Å²) >= 11 is 0. The largest absolute Gasteiger partial charge is 0.436 e. The molecule has 2 heterocycles. The van der Waals surface area contributed by atoms with E-state index in [1.807, 2.05) is 54.3 Å². The van der Waals surface area contributed by atoms with Crippen molar-refractivity contribution in [3.63, 3.8) is 0 Å². The summed E-state index contributed by atoms with van der Waals surface area (Å²) in [5.74, 6) is 0.932. The van der Waals surface area contributed by atoms with Gasteiger partial charge >= 0.3 is 0 Å².